The number of nitrogens with one attached hydrogen (secondary N) is 1. The lowest BCUT2D eigenvalue weighted by Gasteiger charge is -2.12. The topological polar surface area (TPSA) is 76.5 Å². The second-order valence-corrected chi connectivity index (χ2v) is 5.15. The van der Waals surface area contributed by atoms with Gasteiger partial charge in [0.15, 0.2) is 11.5 Å². The third-order valence-electron chi connectivity index (χ3n) is 3.35. The van der Waals surface area contributed by atoms with Gasteiger partial charge < -0.3 is 19.9 Å². The van der Waals surface area contributed by atoms with Crippen LogP contribution in [-0.4, -0.2) is 29.3 Å². The molecule has 0 atom stereocenters. The maximum Gasteiger partial charge on any atom is 0.162 e. The van der Waals surface area contributed by atoms with Crippen molar-refractivity contribution in [2.45, 2.75) is 0 Å². The lowest BCUT2D eigenvalue weighted by molar-refractivity contribution is 0.356. The van der Waals surface area contributed by atoms with Gasteiger partial charge in [-0.05, 0) is 24.3 Å². The first-order valence-electron chi connectivity index (χ1n) is 6.74. The number of aromatic nitrogens is 2. The fraction of sp³-hybridized carbons (Fsp3) is 0.125. The SMILES string of the molecule is COc1cc2ncnc(Nc3ccc(O)c(Cl)c3)c2cc1OC. The molecule has 3 rings (SSSR count). The van der Waals surface area contributed by atoms with E-state index in [9.17, 15) is 5.11 Å². The Kier molecular flexibility index (Phi) is 4.08. The third-order valence-corrected chi connectivity index (χ3v) is 3.65. The Balaban J connectivity index is 2.08. The van der Waals surface area contributed by atoms with E-state index >= 15 is 0 Å². The summed E-state index contributed by atoms with van der Waals surface area (Å²) < 4.78 is 10.6. The van der Waals surface area contributed by atoms with E-state index in [2.05, 4.69) is 15.3 Å². The smallest absolute Gasteiger partial charge is 0.162 e. The molecule has 1 aromatic heterocycles. The average Bonchev–Trinajstić information content (AvgIpc) is 2.57. The molecule has 6 nitrogen and oxygen atoms in total. The van der Waals surface area contributed by atoms with Crippen molar-refractivity contribution in [3.05, 3.63) is 41.7 Å². The number of hydrogen-bond acceptors (Lipinski definition) is 6. The number of nitrogens with zero attached hydrogens (tertiary/aromatic N) is 2. The van der Waals surface area contributed by atoms with E-state index in [4.69, 9.17) is 21.1 Å². The number of anilines is 2. The first-order chi connectivity index (χ1) is 11.1. The summed E-state index contributed by atoms with van der Waals surface area (Å²) in [5, 5.41) is 13.7. The number of phenolic OH excluding ortho intramolecular Hbond substituents is 1. The molecule has 0 amide bonds. The van der Waals surface area contributed by atoms with Crippen LogP contribution in [0.5, 0.6) is 17.2 Å². The van der Waals surface area contributed by atoms with Crippen LogP contribution in [0.3, 0.4) is 0 Å². The maximum atomic E-state index is 9.49. The minimum Gasteiger partial charge on any atom is -0.506 e. The van der Waals surface area contributed by atoms with Crippen LogP contribution in [0.25, 0.3) is 10.9 Å². The average molecular weight is 332 g/mol. The quantitative estimate of drug-likeness (QED) is 0.709. The van der Waals surface area contributed by atoms with Gasteiger partial charge in [0.1, 0.15) is 17.9 Å². The molecule has 2 N–H and O–H groups in total. The van der Waals surface area contributed by atoms with Crippen LogP contribution in [-0.2, 0) is 0 Å². The van der Waals surface area contributed by atoms with E-state index in [0.29, 0.717) is 28.5 Å². The number of methoxy groups -OCH3 is 2. The van der Waals surface area contributed by atoms with Gasteiger partial charge >= 0.3 is 0 Å². The molecule has 1 heterocycles. The highest BCUT2D eigenvalue weighted by Gasteiger charge is 2.11. The Hall–Kier alpha value is -2.73. The standard InChI is InChI=1S/C16H14ClN3O3/c1-22-14-6-10-12(7-15(14)23-2)18-8-19-16(10)20-9-3-4-13(21)11(17)5-9/h3-8,21H,1-2H3,(H,18,19,20). The summed E-state index contributed by atoms with van der Waals surface area (Å²) in [5.74, 6) is 1.80. The zero-order valence-electron chi connectivity index (χ0n) is 12.5. The molecule has 0 radical (unpaired) electrons. The molecule has 118 valence electrons. The third kappa shape index (κ3) is 2.93. The number of rotatable bonds is 4. The molecule has 7 heteroatoms. The number of ether oxygens (including phenoxy) is 2. The Bertz CT molecular complexity index is 871. The van der Waals surface area contributed by atoms with Crippen LogP contribution < -0.4 is 14.8 Å². The van der Waals surface area contributed by atoms with E-state index in [0.717, 1.165) is 5.39 Å². The molecular weight excluding hydrogens is 318 g/mol. The van der Waals surface area contributed by atoms with Gasteiger partial charge in [-0.3, -0.25) is 0 Å². The van der Waals surface area contributed by atoms with Crippen molar-refractivity contribution in [3.63, 3.8) is 0 Å². The maximum absolute atomic E-state index is 9.49. The molecule has 0 aliphatic rings. The van der Waals surface area contributed by atoms with E-state index in [-0.39, 0.29) is 10.8 Å². The normalized spacial score (nSPS) is 10.6. The molecule has 3 aromatic rings. The molecule has 23 heavy (non-hydrogen) atoms. The van der Waals surface area contributed by atoms with Crippen LogP contribution in [0, 0.1) is 0 Å². The Morgan fingerprint density at radius 1 is 1.04 bits per heavy atom. The number of phenols is 1. The minimum atomic E-state index is 0.0242. The molecule has 2 aromatic carbocycles. The minimum absolute atomic E-state index is 0.0242. The highest BCUT2D eigenvalue weighted by Crippen LogP contribution is 2.35. The van der Waals surface area contributed by atoms with Gasteiger partial charge in [0.25, 0.3) is 0 Å². The summed E-state index contributed by atoms with van der Waals surface area (Å²) in [5.41, 5.74) is 1.41. The van der Waals surface area contributed by atoms with Crippen LogP contribution in [0.15, 0.2) is 36.7 Å². The summed E-state index contributed by atoms with van der Waals surface area (Å²) >= 11 is 5.93. The number of benzene rings is 2. The Morgan fingerprint density at radius 3 is 2.48 bits per heavy atom. The fourth-order valence-corrected chi connectivity index (χ4v) is 2.38. The molecule has 0 saturated heterocycles. The van der Waals surface area contributed by atoms with Gasteiger partial charge in [-0.25, -0.2) is 9.97 Å². The van der Waals surface area contributed by atoms with Crippen molar-refractivity contribution in [1.29, 1.82) is 0 Å². The van der Waals surface area contributed by atoms with Crippen LogP contribution >= 0.6 is 11.6 Å². The first kappa shape index (κ1) is 15.2. The van der Waals surface area contributed by atoms with Crippen molar-refractivity contribution >= 4 is 34.0 Å². The lowest BCUT2D eigenvalue weighted by Crippen LogP contribution is -1.98. The number of halogens is 1. The second kappa shape index (κ2) is 6.18. The lowest BCUT2D eigenvalue weighted by atomic mass is 10.2. The van der Waals surface area contributed by atoms with Gasteiger partial charge in [0.2, 0.25) is 0 Å². The highest BCUT2D eigenvalue weighted by molar-refractivity contribution is 6.32. The van der Waals surface area contributed by atoms with E-state index in [1.807, 2.05) is 0 Å². The van der Waals surface area contributed by atoms with Crippen molar-refractivity contribution in [3.8, 4) is 17.2 Å². The zero-order chi connectivity index (χ0) is 16.4. The van der Waals surface area contributed by atoms with Crippen molar-refractivity contribution in [2.24, 2.45) is 0 Å². The Morgan fingerprint density at radius 2 is 1.78 bits per heavy atom. The van der Waals surface area contributed by atoms with Crippen LogP contribution in [0.4, 0.5) is 11.5 Å². The van der Waals surface area contributed by atoms with E-state index in [1.165, 1.54) is 12.4 Å². The zero-order valence-corrected chi connectivity index (χ0v) is 13.3. The monoisotopic (exact) mass is 331 g/mol. The number of fused-ring (bicyclic) bond motifs is 1. The van der Waals surface area contributed by atoms with Gasteiger partial charge in [0, 0.05) is 17.1 Å². The van der Waals surface area contributed by atoms with E-state index < -0.39 is 0 Å². The number of hydrogen-bond donors (Lipinski definition) is 2. The summed E-state index contributed by atoms with van der Waals surface area (Å²) in [6, 6.07) is 8.42. The van der Waals surface area contributed by atoms with Gasteiger partial charge in [0.05, 0.1) is 24.8 Å². The van der Waals surface area contributed by atoms with Crippen molar-refractivity contribution < 1.29 is 14.6 Å². The molecule has 0 spiro atoms. The molecule has 0 bridgehead atoms. The van der Waals surface area contributed by atoms with Crippen LogP contribution in [0.1, 0.15) is 0 Å². The largest absolute Gasteiger partial charge is 0.506 e. The van der Waals surface area contributed by atoms with Crippen molar-refractivity contribution in [1.82, 2.24) is 9.97 Å². The molecule has 0 fully saturated rings. The molecule has 0 unspecified atom stereocenters. The molecule has 0 aliphatic carbocycles. The highest BCUT2D eigenvalue weighted by atomic mass is 35.5. The molecule has 0 aliphatic heterocycles. The number of aromatic hydroxyl groups is 1. The predicted octanol–water partition coefficient (Wildman–Crippen LogP) is 3.75. The van der Waals surface area contributed by atoms with E-state index in [1.54, 1.807) is 38.5 Å². The van der Waals surface area contributed by atoms with Gasteiger partial charge in [-0.15, -0.1) is 0 Å². The fourth-order valence-electron chi connectivity index (χ4n) is 2.20. The first-order valence-corrected chi connectivity index (χ1v) is 7.12. The van der Waals surface area contributed by atoms with Gasteiger partial charge in [-0.1, -0.05) is 11.6 Å². The Labute approximate surface area is 137 Å². The summed E-state index contributed by atoms with van der Waals surface area (Å²) in [4.78, 5) is 8.51. The molecule has 0 saturated carbocycles. The predicted molar refractivity (Wildman–Crippen MR) is 89.0 cm³/mol. The van der Waals surface area contributed by atoms with Gasteiger partial charge in [-0.2, -0.15) is 0 Å². The summed E-state index contributed by atoms with van der Waals surface area (Å²) in [6.07, 6.45) is 1.46. The summed E-state index contributed by atoms with van der Waals surface area (Å²) in [7, 11) is 3.14. The van der Waals surface area contributed by atoms with Crippen molar-refractivity contribution in [2.75, 3.05) is 19.5 Å². The second-order valence-electron chi connectivity index (χ2n) is 4.74. The molecular formula is C16H14ClN3O3. The van der Waals surface area contributed by atoms with Crippen LogP contribution in [0.2, 0.25) is 5.02 Å². The summed E-state index contributed by atoms with van der Waals surface area (Å²) in [6.45, 7) is 0.